The highest BCUT2D eigenvalue weighted by Gasteiger charge is 2.35. The normalized spacial score (nSPS) is 22.3. The van der Waals surface area contributed by atoms with Crippen LogP contribution in [0.5, 0.6) is 0 Å². The van der Waals surface area contributed by atoms with Crippen LogP contribution in [-0.2, 0) is 9.53 Å². The number of carboxylic acid groups (broad SMARTS) is 1. The maximum absolute atomic E-state index is 11.0. The molecule has 0 aromatic heterocycles. The van der Waals surface area contributed by atoms with E-state index in [1.54, 1.807) is 7.11 Å². The number of aliphatic carboxylic acids is 1. The Morgan fingerprint density at radius 3 is 2.41 bits per heavy atom. The van der Waals surface area contributed by atoms with Crippen molar-refractivity contribution in [2.24, 2.45) is 0 Å². The van der Waals surface area contributed by atoms with Gasteiger partial charge in [-0.2, -0.15) is 0 Å². The molecule has 0 spiro atoms. The lowest BCUT2D eigenvalue weighted by molar-refractivity contribution is -0.141. The van der Waals surface area contributed by atoms with Gasteiger partial charge in [-0.15, -0.1) is 0 Å². The molecule has 1 atom stereocenters. The first-order valence-corrected chi connectivity index (χ1v) is 6.12. The molecule has 5 heteroatoms. The van der Waals surface area contributed by atoms with Gasteiger partial charge < -0.3 is 14.7 Å². The Morgan fingerprint density at radius 2 is 1.94 bits per heavy atom. The Morgan fingerprint density at radius 1 is 1.35 bits per heavy atom. The molecule has 1 rings (SSSR count). The minimum absolute atomic E-state index is 0.181. The lowest BCUT2D eigenvalue weighted by atomic mass is 9.91. The van der Waals surface area contributed by atoms with Gasteiger partial charge in [-0.1, -0.05) is 0 Å². The monoisotopic (exact) mass is 244 g/mol. The van der Waals surface area contributed by atoms with E-state index >= 15 is 0 Å². The van der Waals surface area contributed by atoms with E-state index in [1.165, 1.54) is 0 Å². The molecule has 0 radical (unpaired) electrons. The van der Waals surface area contributed by atoms with Gasteiger partial charge in [-0.3, -0.25) is 9.69 Å². The van der Waals surface area contributed by atoms with Gasteiger partial charge >= 0.3 is 5.97 Å². The molecule has 0 aliphatic carbocycles. The van der Waals surface area contributed by atoms with Gasteiger partial charge in [0.25, 0.3) is 0 Å². The second-order valence-electron chi connectivity index (χ2n) is 5.10. The number of carbonyl (C=O) groups is 1. The van der Waals surface area contributed by atoms with Gasteiger partial charge in [0.1, 0.15) is 0 Å². The second kappa shape index (κ2) is 6.33. The number of ether oxygens (including phenoxy) is 1. The largest absolute Gasteiger partial charge is 0.481 e. The molecule has 100 valence electrons. The highest BCUT2D eigenvalue weighted by atomic mass is 16.5. The summed E-state index contributed by atoms with van der Waals surface area (Å²) in [6, 6.07) is 0. The molecule has 1 aliphatic rings. The quantitative estimate of drug-likeness (QED) is 0.737. The van der Waals surface area contributed by atoms with Crippen molar-refractivity contribution >= 4 is 5.97 Å². The molecule has 1 aliphatic heterocycles. The average molecular weight is 244 g/mol. The number of piperazine rings is 1. The minimum atomic E-state index is -0.734. The van der Waals surface area contributed by atoms with Gasteiger partial charge in [-0.05, 0) is 20.4 Å². The van der Waals surface area contributed by atoms with E-state index in [-0.39, 0.29) is 12.0 Å². The molecule has 0 aromatic carbocycles. The van der Waals surface area contributed by atoms with Gasteiger partial charge in [0.15, 0.2) is 0 Å². The Labute approximate surface area is 103 Å². The summed E-state index contributed by atoms with van der Waals surface area (Å²) in [5.74, 6) is -0.734. The lowest BCUT2D eigenvalue weighted by Crippen LogP contribution is -2.56. The first-order chi connectivity index (χ1) is 7.98. The van der Waals surface area contributed by atoms with Crippen molar-refractivity contribution in [3.63, 3.8) is 0 Å². The smallest absolute Gasteiger partial charge is 0.305 e. The van der Waals surface area contributed by atoms with Crippen LogP contribution in [0.4, 0.5) is 0 Å². The van der Waals surface area contributed by atoms with Crippen molar-refractivity contribution < 1.29 is 14.6 Å². The SMILES string of the molecule is COCCC(C)(CC(=O)O)N1CCN(C)CC1. The predicted molar refractivity (Wildman–Crippen MR) is 66.2 cm³/mol. The Hall–Kier alpha value is -0.650. The van der Waals surface area contributed by atoms with Crippen LogP contribution < -0.4 is 0 Å². The first-order valence-electron chi connectivity index (χ1n) is 6.12. The fraction of sp³-hybridized carbons (Fsp3) is 0.917. The van der Waals surface area contributed by atoms with Crippen molar-refractivity contribution in [2.45, 2.75) is 25.3 Å². The first kappa shape index (κ1) is 14.4. The topological polar surface area (TPSA) is 53.0 Å². The van der Waals surface area contributed by atoms with Crippen LogP contribution in [0.3, 0.4) is 0 Å². The van der Waals surface area contributed by atoms with Gasteiger partial charge in [0.05, 0.1) is 6.42 Å². The Kier molecular flexibility index (Phi) is 5.36. The minimum Gasteiger partial charge on any atom is -0.481 e. The maximum atomic E-state index is 11.0. The molecule has 1 heterocycles. The fourth-order valence-corrected chi connectivity index (χ4v) is 2.35. The molecule has 1 unspecified atom stereocenters. The highest BCUT2D eigenvalue weighted by Crippen LogP contribution is 2.25. The number of hydrogen-bond acceptors (Lipinski definition) is 4. The van der Waals surface area contributed by atoms with Crippen LogP contribution in [0.15, 0.2) is 0 Å². The van der Waals surface area contributed by atoms with Crippen molar-refractivity contribution in [2.75, 3.05) is 46.9 Å². The van der Waals surface area contributed by atoms with Crippen LogP contribution in [0.2, 0.25) is 0 Å². The van der Waals surface area contributed by atoms with E-state index in [4.69, 9.17) is 9.84 Å². The fourth-order valence-electron chi connectivity index (χ4n) is 2.35. The summed E-state index contributed by atoms with van der Waals surface area (Å²) in [6.07, 6.45) is 0.944. The number of hydrogen-bond donors (Lipinski definition) is 1. The van der Waals surface area contributed by atoms with Crippen LogP contribution >= 0.6 is 0 Å². The number of nitrogens with zero attached hydrogens (tertiary/aromatic N) is 2. The summed E-state index contributed by atoms with van der Waals surface area (Å²) < 4.78 is 5.10. The van der Waals surface area contributed by atoms with Crippen molar-refractivity contribution in [3.8, 4) is 0 Å². The number of methoxy groups -OCH3 is 1. The van der Waals surface area contributed by atoms with Gasteiger partial charge in [0.2, 0.25) is 0 Å². The van der Waals surface area contributed by atoms with Crippen LogP contribution in [0.1, 0.15) is 19.8 Å². The Bertz CT molecular complexity index is 252. The lowest BCUT2D eigenvalue weighted by Gasteiger charge is -2.44. The second-order valence-corrected chi connectivity index (χ2v) is 5.10. The molecule has 1 fully saturated rings. The average Bonchev–Trinajstić information content (AvgIpc) is 2.26. The van der Waals surface area contributed by atoms with Crippen molar-refractivity contribution in [1.82, 2.24) is 9.80 Å². The molecule has 0 saturated carbocycles. The van der Waals surface area contributed by atoms with E-state index in [9.17, 15) is 4.79 Å². The molecular weight excluding hydrogens is 220 g/mol. The molecule has 17 heavy (non-hydrogen) atoms. The van der Waals surface area contributed by atoms with Crippen LogP contribution in [0, 0.1) is 0 Å². The highest BCUT2D eigenvalue weighted by molar-refractivity contribution is 5.68. The van der Waals surface area contributed by atoms with Crippen LogP contribution in [-0.4, -0.2) is 73.4 Å². The summed E-state index contributed by atoms with van der Waals surface area (Å²) >= 11 is 0. The molecule has 0 aromatic rings. The number of likely N-dealkylation sites (N-methyl/N-ethyl adjacent to an activating group) is 1. The predicted octanol–water partition coefficient (Wildman–Crippen LogP) is 0.504. The van der Waals surface area contributed by atoms with Gasteiger partial charge in [-0.25, -0.2) is 0 Å². The van der Waals surface area contributed by atoms with Crippen LogP contribution in [0.25, 0.3) is 0 Å². The Balaban J connectivity index is 2.63. The summed E-state index contributed by atoms with van der Waals surface area (Å²) in [5.41, 5.74) is -0.289. The molecule has 1 saturated heterocycles. The molecule has 0 bridgehead atoms. The summed E-state index contributed by atoms with van der Waals surface area (Å²) in [4.78, 5) is 15.6. The maximum Gasteiger partial charge on any atom is 0.305 e. The summed E-state index contributed by atoms with van der Waals surface area (Å²) in [5, 5.41) is 9.05. The molecule has 0 amide bonds. The third-order valence-electron chi connectivity index (χ3n) is 3.64. The number of carboxylic acids is 1. The van der Waals surface area contributed by atoms with E-state index in [0.29, 0.717) is 6.61 Å². The van der Waals surface area contributed by atoms with E-state index < -0.39 is 5.97 Å². The zero-order chi connectivity index (χ0) is 12.9. The van der Waals surface area contributed by atoms with E-state index in [0.717, 1.165) is 32.6 Å². The summed E-state index contributed by atoms with van der Waals surface area (Å²) in [7, 11) is 3.76. The standard InChI is InChI=1S/C12H24N2O3/c1-12(4-9-17-3,10-11(15)16)14-7-5-13(2)6-8-14/h4-10H2,1-3H3,(H,15,16). The van der Waals surface area contributed by atoms with E-state index in [1.807, 2.05) is 6.92 Å². The third-order valence-corrected chi connectivity index (χ3v) is 3.64. The van der Waals surface area contributed by atoms with E-state index in [2.05, 4.69) is 16.8 Å². The molecule has 5 nitrogen and oxygen atoms in total. The zero-order valence-corrected chi connectivity index (χ0v) is 11.1. The van der Waals surface area contributed by atoms with Gasteiger partial charge in [0, 0.05) is 45.4 Å². The summed E-state index contributed by atoms with van der Waals surface area (Å²) in [6.45, 7) is 6.51. The molecular formula is C12H24N2O3. The third kappa shape index (κ3) is 4.26. The molecule has 1 N–H and O–H groups in total. The van der Waals surface area contributed by atoms with Crippen molar-refractivity contribution in [1.29, 1.82) is 0 Å². The van der Waals surface area contributed by atoms with Crippen molar-refractivity contribution in [3.05, 3.63) is 0 Å². The number of rotatable bonds is 6. The zero-order valence-electron chi connectivity index (χ0n) is 11.1.